The molecule has 3 heteroatoms. The van der Waals surface area contributed by atoms with Crippen LogP contribution in [0, 0.1) is 10.8 Å². The van der Waals surface area contributed by atoms with Gasteiger partial charge in [-0.05, 0) is 23.7 Å². The summed E-state index contributed by atoms with van der Waals surface area (Å²) in [4.78, 5) is 0. The molecular formula is C12H23NOS. The van der Waals surface area contributed by atoms with E-state index in [1.165, 1.54) is 0 Å². The summed E-state index contributed by atoms with van der Waals surface area (Å²) in [6.07, 6.45) is 2.19. The second-order valence-electron chi connectivity index (χ2n) is 6.17. The molecule has 1 aliphatic carbocycles. The normalized spacial score (nSPS) is 38.9. The van der Waals surface area contributed by atoms with Crippen molar-refractivity contribution in [3.63, 3.8) is 0 Å². The standard InChI is InChI=1S/C12H23NOS/c1-11(2)10(12(11,3)4)13-9-5-7-15(14)8-6-9/h9-10,13H,5-8H2,1-4H3. The van der Waals surface area contributed by atoms with E-state index in [9.17, 15) is 4.21 Å². The molecule has 0 aromatic carbocycles. The molecule has 0 aromatic heterocycles. The van der Waals surface area contributed by atoms with Gasteiger partial charge in [0.15, 0.2) is 0 Å². The quantitative estimate of drug-likeness (QED) is 0.784. The second kappa shape index (κ2) is 3.56. The minimum atomic E-state index is -0.534. The van der Waals surface area contributed by atoms with Gasteiger partial charge in [0.25, 0.3) is 0 Å². The topological polar surface area (TPSA) is 29.1 Å². The first-order chi connectivity index (χ1) is 6.85. The zero-order valence-corrected chi connectivity index (χ0v) is 11.1. The molecule has 1 saturated heterocycles. The van der Waals surface area contributed by atoms with Crippen molar-refractivity contribution in [1.82, 2.24) is 5.32 Å². The highest BCUT2D eigenvalue weighted by Gasteiger charge is 2.64. The Morgan fingerprint density at radius 3 is 1.93 bits per heavy atom. The van der Waals surface area contributed by atoms with Crippen LogP contribution in [0.5, 0.6) is 0 Å². The van der Waals surface area contributed by atoms with Gasteiger partial charge in [0.05, 0.1) is 0 Å². The van der Waals surface area contributed by atoms with Gasteiger partial charge in [-0.3, -0.25) is 4.21 Å². The molecule has 2 rings (SSSR count). The van der Waals surface area contributed by atoms with Crippen molar-refractivity contribution in [2.75, 3.05) is 11.5 Å². The average molecular weight is 229 g/mol. The summed E-state index contributed by atoms with van der Waals surface area (Å²) in [5.74, 6) is 1.79. The molecule has 15 heavy (non-hydrogen) atoms. The minimum Gasteiger partial charge on any atom is -0.310 e. The maximum Gasteiger partial charge on any atom is 0.0249 e. The minimum absolute atomic E-state index is 0.420. The lowest BCUT2D eigenvalue weighted by molar-refractivity contribution is 0.433. The molecule has 2 nitrogen and oxygen atoms in total. The molecule has 0 radical (unpaired) electrons. The number of rotatable bonds is 2. The molecule has 88 valence electrons. The van der Waals surface area contributed by atoms with Gasteiger partial charge in [-0.15, -0.1) is 0 Å². The first-order valence-corrected chi connectivity index (χ1v) is 7.45. The lowest BCUT2D eigenvalue weighted by Gasteiger charge is -2.23. The van der Waals surface area contributed by atoms with E-state index in [-0.39, 0.29) is 0 Å². The third-order valence-electron chi connectivity index (χ3n) is 4.81. The Morgan fingerprint density at radius 2 is 1.53 bits per heavy atom. The highest BCUT2D eigenvalue weighted by atomic mass is 32.2. The van der Waals surface area contributed by atoms with Gasteiger partial charge < -0.3 is 5.32 Å². The average Bonchev–Trinajstić information content (AvgIpc) is 2.52. The fraction of sp³-hybridized carbons (Fsp3) is 1.00. The number of hydrogen-bond donors (Lipinski definition) is 1. The fourth-order valence-corrected chi connectivity index (χ4v) is 4.11. The highest BCUT2D eigenvalue weighted by Crippen LogP contribution is 2.62. The van der Waals surface area contributed by atoms with Gasteiger partial charge in [-0.1, -0.05) is 27.7 Å². The van der Waals surface area contributed by atoms with Crippen molar-refractivity contribution in [3.8, 4) is 0 Å². The van der Waals surface area contributed by atoms with E-state index in [1.54, 1.807) is 0 Å². The Kier molecular flexibility index (Phi) is 2.75. The van der Waals surface area contributed by atoms with E-state index in [0.29, 0.717) is 22.9 Å². The lowest BCUT2D eigenvalue weighted by Crippen LogP contribution is -2.39. The molecule has 0 unspecified atom stereocenters. The monoisotopic (exact) mass is 229 g/mol. The molecule has 1 saturated carbocycles. The van der Waals surface area contributed by atoms with Crippen LogP contribution in [0.1, 0.15) is 40.5 Å². The third kappa shape index (κ3) is 1.89. The van der Waals surface area contributed by atoms with Crippen LogP contribution in [0.15, 0.2) is 0 Å². The summed E-state index contributed by atoms with van der Waals surface area (Å²) >= 11 is 0. The first kappa shape index (κ1) is 11.6. The van der Waals surface area contributed by atoms with Crippen molar-refractivity contribution in [2.24, 2.45) is 10.8 Å². The van der Waals surface area contributed by atoms with E-state index in [2.05, 4.69) is 33.0 Å². The Morgan fingerprint density at radius 1 is 1.07 bits per heavy atom. The van der Waals surface area contributed by atoms with E-state index in [0.717, 1.165) is 24.3 Å². The smallest absolute Gasteiger partial charge is 0.0249 e. The fourth-order valence-electron chi connectivity index (χ4n) is 2.81. The van der Waals surface area contributed by atoms with Crippen molar-refractivity contribution in [1.29, 1.82) is 0 Å². The Hall–Kier alpha value is 0.110. The highest BCUT2D eigenvalue weighted by molar-refractivity contribution is 7.85. The van der Waals surface area contributed by atoms with Crippen LogP contribution in [0.2, 0.25) is 0 Å². The van der Waals surface area contributed by atoms with Crippen LogP contribution in [-0.2, 0) is 10.8 Å². The van der Waals surface area contributed by atoms with Crippen molar-refractivity contribution in [3.05, 3.63) is 0 Å². The van der Waals surface area contributed by atoms with Crippen LogP contribution in [0.4, 0.5) is 0 Å². The van der Waals surface area contributed by atoms with E-state index < -0.39 is 10.8 Å². The Bertz CT molecular complexity index is 261. The van der Waals surface area contributed by atoms with Crippen LogP contribution in [0.25, 0.3) is 0 Å². The maximum absolute atomic E-state index is 11.2. The summed E-state index contributed by atoms with van der Waals surface area (Å²) in [6, 6.07) is 1.25. The molecule has 0 spiro atoms. The summed E-state index contributed by atoms with van der Waals surface area (Å²) in [7, 11) is -0.534. The summed E-state index contributed by atoms with van der Waals surface area (Å²) in [6.45, 7) is 9.36. The molecule has 0 bridgehead atoms. The number of hydrogen-bond acceptors (Lipinski definition) is 2. The molecule has 0 atom stereocenters. The molecule has 1 aliphatic heterocycles. The zero-order valence-electron chi connectivity index (χ0n) is 10.3. The molecule has 0 amide bonds. The molecule has 2 aliphatic rings. The van der Waals surface area contributed by atoms with E-state index >= 15 is 0 Å². The second-order valence-corrected chi connectivity index (χ2v) is 7.86. The van der Waals surface area contributed by atoms with Gasteiger partial charge in [-0.25, -0.2) is 0 Å². The van der Waals surface area contributed by atoms with Gasteiger partial charge >= 0.3 is 0 Å². The van der Waals surface area contributed by atoms with Gasteiger partial charge in [0.2, 0.25) is 0 Å². The van der Waals surface area contributed by atoms with Crippen LogP contribution in [0.3, 0.4) is 0 Å². The molecule has 0 aromatic rings. The predicted molar refractivity (Wildman–Crippen MR) is 65.4 cm³/mol. The molecule has 1 N–H and O–H groups in total. The molecule has 1 heterocycles. The van der Waals surface area contributed by atoms with E-state index in [4.69, 9.17) is 0 Å². The summed E-state index contributed by atoms with van der Waals surface area (Å²) in [5.41, 5.74) is 0.840. The first-order valence-electron chi connectivity index (χ1n) is 5.97. The molecular weight excluding hydrogens is 206 g/mol. The van der Waals surface area contributed by atoms with E-state index in [1.807, 2.05) is 0 Å². The number of nitrogens with one attached hydrogen (secondary N) is 1. The van der Waals surface area contributed by atoms with Gasteiger partial charge in [0, 0.05) is 34.4 Å². The van der Waals surface area contributed by atoms with Crippen molar-refractivity contribution >= 4 is 10.8 Å². The van der Waals surface area contributed by atoms with Crippen molar-refractivity contribution < 1.29 is 4.21 Å². The van der Waals surface area contributed by atoms with Crippen LogP contribution in [-0.4, -0.2) is 27.8 Å². The summed E-state index contributed by atoms with van der Waals surface area (Å²) < 4.78 is 11.2. The van der Waals surface area contributed by atoms with Gasteiger partial charge in [0.1, 0.15) is 0 Å². The lowest BCUT2D eigenvalue weighted by atomic mass is 10.0. The maximum atomic E-state index is 11.2. The van der Waals surface area contributed by atoms with Crippen molar-refractivity contribution in [2.45, 2.75) is 52.6 Å². The zero-order chi connectivity index (χ0) is 11.3. The predicted octanol–water partition coefficient (Wildman–Crippen LogP) is 1.92. The third-order valence-corrected chi connectivity index (χ3v) is 6.19. The Balaban J connectivity index is 1.87. The molecule has 2 fully saturated rings. The van der Waals surface area contributed by atoms with Crippen LogP contribution < -0.4 is 5.32 Å². The SMILES string of the molecule is CC1(C)C(NC2CCS(=O)CC2)C1(C)C. The van der Waals surface area contributed by atoms with Gasteiger partial charge in [-0.2, -0.15) is 0 Å². The Labute approximate surface area is 95.7 Å². The van der Waals surface area contributed by atoms with Crippen LogP contribution >= 0.6 is 0 Å². The largest absolute Gasteiger partial charge is 0.310 e. The summed E-state index contributed by atoms with van der Waals surface area (Å²) in [5, 5.41) is 3.76.